The van der Waals surface area contributed by atoms with Gasteiger partial charge in [-0.05, 0) is 56.1 Å². The van der Waals surface area contributed by atoms with Gasteiger partial charge in [0.05, 0.1) is 7.57 Å². The maximum absolute atomic E-state index is 13.5. The highest BCUT2D eigenvalue weighted by molar-refractivity contribution is 9.12. The lowest BCUT2D eigenvalue weighted by molar-refractivity contribution is 0.0918. The first-order chi connectivity index (χ1) is 8.97. The molecule has 0 bridgehead atoms. The average Bonchev–Trinajstić information content (AvgIpc) is 2.67. The number of carbonyl (C=O) groups excluding carboxylic acids is 1. The second-order valence-corrected chi connectivity index (χ2v) is 8.19. The number of halogens is 4. The molecule has 0 saturated heterocycles. The predicted molar refractivity (Wildman–Crippen MR) is 83.6 cm³/mol. The van der Waals surface area contributed by atoms with Crippen LogP contribution in [0.3, 0.4) is 0 Å². The standard InChI is InChI=1S/C12H6Br3FO2S/c13-6-1-2-10(8(16)3-6)18-5-9(17)7-4-11(14)19-12(7)15/h1-4H,5H2. The first-order valence-corrected chi connectivity index (χ1v) is 8.23. The first-order valence-electron chi connectivity index (χ1n) is 5.03. The SMILES string of the molecule is O=C(COc1ccc(Br)cc1F)c1cc(Br)sc1Br. The third-order valence-electron chi connectivity index (χ3n) is 2.21. The normalized spacial score (nSPS) is 10.5. The van der Waals surface area contributed by atoms with E-state index in [9.17, 15) is 9.18 Å². The van der Waals surface area contributed by atoms with Crippen LogP contribution in [0.1, 0.15) is 10.4 Å². The third-order valence-corrected chi connectivity index (χ3v) is 5.04. The lowest BCUT2D eigenvalue weighted by atomic mass is 10.2. The van der Waals surface area contributed by atoms with Crippen molar-refractivity contribution in [1.29, 1.82) is 0 Å². The summed E-state index contributed by atoms with van der Waals surface area (Å²) in [5.74, 6) is -0.661. The molecule has 2 aromatic rings. The number of hydrogen-bond donors (Lipinski definition) is 0. The average molecular weight is 473 g/mol. The van der Waals surface area contributed by atoms with E-state index in [2.05, 4.69) is 47.8 Å². The Balaban J connectivity index is 2.06. The van der Waals surface area contributed by atoms with Gasteiger partial charge < -0.3 is 4.74 Å². The summed E-state index contributed by atoms with van der Waals surface area (Å²) in [6.07, 6.45) is 0. The second-order valence-electron chi connectivity index (χ2n) is 3.52. The van der Waals surface area contributed by atoms with Gasteiger partial charge in [-0.2, -0.15) is 0 Å². The van der Waals surface area contributed by atoms with Crippen molar-refractivity contribution in [2.45, 2.75) is 0 Å². The van der Waals surface area contributed by atoms with Gasteiger partial charge in [-0.15, -0.1) is 11.3 Å². The van der Waals surface area contributed by atoms with E-state index in [-0.39, 0.29) is 18.1 Å². The Morgan fingerprint density at radius 2 is 2.00 bits per heavy atom. The Kier molecular flexibility index (Phi) is 5.16. The van der Waals surface area contributed by atoms with Crippen LogP contribution in [0.15, 0.2) is 36.3 Å². The fourth-order valence-corrected chi connectivity index (χ4v) is 4.53. The number of carbonyl (C=O) groups is 1. The number of ether oxygens (including phenoxy) is 1. The van der Waals surface area contributed by atoms with Gasteiger partial charge >= 0.3 is 0 Å². The zero-order valence-electron chi connectivity index (χ0n) is 9.25. The van der Waals surface area contributed by atoms with Gasteiger partial charge in [0.15, 0.2) is 18.2 Å². The fraction of sp³-hybridized carbons (Fsp3) is 0.0833. The van der Waals surface area contributed by atoms with Gasteiger partial charge in [-0.3, -0.25) is 4.79 Å². The molecule has 0 spiro atoms. The number of benzene rings is 1. The predicted octanol–water partition coefficient (Wildman–Crippen LogP) is 5.44. The summed E-state index contributed by atoms with van der Waals surface area (Å²) >= 11 is 11.2. The van der Waals surface area contributed by atoms with E-state index >= 15 is 0 Å². The number of Topliss-reactive ketones (excluding diaryl/α,β-unsaturated/α-hetero) is 1. The molecule has 2 nitrogen and oxygen atoms in total. The molecule has 0 aliphatic rings. The van der Waals surface area contributed by atoms with Crippen molar-refractivity contribution in [2.24, 2.45) is 0 Å². The van der Waals surface area contributed by atoms with E-state index in [0.29, 0.717) is 10.0 Å². The van der Waals surface area contributed by atoms with Crippen LogP contribution in [0, 0.1) is 5.82 Å². The zero-order chi connectivity index (χ0) is 14.0. The molecule has 1 heterocycles. The van der Waals surface area contributed by atoms with E-state index < -0.39 is 5.82 Å². The smallest absolute Gasteiger partial charge is 0.202 e. The summed E-state index contributed by atoms with van der Waals surface area (Å²) in [5, 5.41) is 0. The van der Waals surface area contributed by atoms with Crippen LogP contribution < -0.4 is 4.74 Å². The topological polar surface area (TPSA) is 26.3 Å². The summed E-state index contributed by atoms with van der Waals surface area (Å²) in [6.45, 7) is -0.208. The van der Waals surface area contributed by atoms with Crippen molar-refractivity contribution < 1.29 is 13.9 Å². The van der Waals surface area contributed by atoms with Crippen LogP contribution in [0.4, 0.5) is 4.39 Å². The third kappa shape index (κ3) is 3.87. The van der Waals surface area contributed by atoms with Crippen LogP contribution in [0.2, 0.25) is 0 Å². The van der Waals surface area contributed by atoms with Crippen molar-refractivity contribution >= 4 is 64.9 Å². The molecule has 0 saturated carbocycles. The van der Waals surface area contributed by atoms with Crippen molar-refractivity contribution in [3.63, 3.8) is 0 Å². The minimum absolute atomic E-state index is 0.0574. The Hall–Kier alpha value is -0.240. The van der Waals surface area contributed by atoms with Crippen LogP contribution in [-0.4, -0.2) is 12.4 Å². The second kappa shape index (κ2) is 6.47. The molecule has 0 atom stereocenters. The lowest BCUT2D eigenvalue weighted by Gasteiger charge is -2.06. The summed E-state index contributed by atoms with van der Waals surface area (Å²) in [5.41, 5.74) is 0.523. The van der Waals surface area contributed by atoms with E-state index in [0.717, 1.165) is 7.57 Å². The fourth-order valence-electron chi connectivity index (χ4n) is 1.34. The Morgan fingerprint density at radius 1 is 1.26 bits per heavy atom. The Bertz CT molecular complexity index is 627. The van der Waals surface area contributed by atoms with E-state index in [1.165, 1.54) is 23.5 Å². The number of thiophene rings is 1. The number of ketones is 1. The Labute approximate surface area is 138 Å². The molecule has 0 amide bonds. The molecule has 0 aliphatic heterocycles. The molecule has 1 aromatic heterocycles. The summed E-state index contributed by atoms with van der Waals surface area (Å²) in [4.78, 5) is 11.9. The van der Waals surface area contributed by atoms with Crippen molar-refractivity contribution in [1.82, 2.24) is 0 Å². The maximum Gasteiger partial charge on any atom is 0.202 e. The van der Waals surface area contributed by atoms with Gasteiger partial charge in [0, 0.05) is 10.0 Å². The summed E-state index contributed by atoms with van der Waals surface area (Å²) in [6, 6.07) is 6.13. The highest BCUT2D eigenvalue weighted by atomic mass is 79.9. The van der Waals surface area contributed by atoms with Gasteiger partial charge in [0.25, 0.3) is 0 Å². The van der Waals surface area contributed by atoms with E-state index in [1.54, 1.807) is 12.1 Å². The van der Waals surface area contributed by atoms with Crippen LogP contribution >= 0.6 is 59.1 Å². The van der Waals surface area contributed by atoms with Gasteiger partial charge in [0.2, 0.25) is 5.78 Å². The van der Waals surface area contributed by atoms with Crippen molar-refractivity contribution in [2.75, 3.05) is 6.61 Å². The van der Waals surface area contributed by atoms with Crippen molar-refractivity contribution in [3.8, 4) is 5.75 Å². The van der Waals surface area contributed by atoms with Gasteiger partial charge in [-0.25, -0.2) is 4.39 Å². The first kappa shape index (κ1) is 15.2. The quantitative estimate of drug-likeness (QED) is 0.554. The maximum atomic E-state index is 13.5. The molecule has 0 radical (unpaired) electrons. The molecule has 0 fully saturated rings. The minimum Gasteiger partial charge on any atom is -0.482 e. The highest BCUT2D eigenvalue weighted by Gasteiger charge is 2.15. The molecule has 1 aromatic carbocycles. The molecule has 0 N–H and O–H groups in total. The summed E-state index contributed by atoms with van der Waals surface area (Å²) < 4.78 is 20.9. The molecule has 2 rings (SSSR count). The van der Waals surface area contributed by atoms with Crippen LogP contribution in [0.5, 0.6) is 5.75 Å². The van der Waals surface area contributed by atoms with Gasteiger partial charge in [-0.1, -0.05) is 15.9 Å². The Morgan fingerprint density at radius 3 is 2.58 bits per heavy atom. The molecule has 100 valence electrons. The van der Waals surface area contributed by atoms with Crippen LogP contribution in [0.25, 0.3) is 0 Å². The molecule has 0 aliphatic carbocycles. The van der Waals surface area contributed by atoms with E-state index in [1.807, 2.05) is 0 Å². The minimum atomic E-state index is -0.507. The largest absolute Gasteiger partial charge is 0.482 e. The highest BCUT2D eigenvalue weighted by Crippen LogP contribution is 2.32. The monoisotopic (exact) mass is 470 g/mol. The molecule has 0 unspecified atom stereocenters. The molecular weight excluding hydrogens is 467 g/mol. The van der Waals surface area contributed by atoms with E-state index in [4.69, 9.17) is 4.74 Å². The van der Waals surface area contributed by atoms with Crippen LogP contribution in [-0.2, 0) is 0 Å². The molecule has 7 heteroatoms. The molecule has 19 heavy (non-hydrogen) atoms. The summed E-state index contributed by atoms with van der Waals surface area (Å²) in [7, 11) is 0. The number of rotatable bonds is 4. The number of hydrogen-bond acceptors (Lipinski definition) is 3. The lowest BCUT2D eigenvalue weighted by Crippen LogP contribution is -2.11. The van der Waals surface area contributed by atoms with Crippen molar-refractivity contribution in [3.05, 3.63) is 47.7 Å². The zero-order valence-corrected chi connectivity index (χ0v) is 14.8. The van der Waals surface area contributed by atoms with Gasteiger partial charge in [0.1, 0.15) is 0 Å². The molecular formula is C12H6Br3FO2S.